The fraction of sp³-hybridized carbons (Fsp3) is 0.462. The molecule has 1 unspecified atom stereocenters. The van der Waals surface area contributed by atoms with Gasteiger partial charge in [-0.3, -0.25) is 5.32 Å². The van der Waals surface area contributed by atoms with Crippen LogP contribution in [0.4, 0.5) is 0 Å². The maximum atomic E-state index is 9.72. The van der Waals surface area contributed by atoms with E-state index in [9.17, 15) is 5.11 Å². The third kappa shape index (κ3) is 4.53. The van der Waals surface area contributed by atoms with E-state index in [2.05, 4.69) is 16.3 Å². The fourth-order valence-electron chi connectivity index (χ4n) is 1.62. The molecule has 4 nitrogen and oxygen atoms in total. The Morgan fingerprint density at radius 3 is 2.83 bits per heavy atom. The molecule has 0 fully saturated rings. The number of benzene rings is 1. The van der Waals surface area contributed by atoms with Gasteiger partial charge in [-0.15, -0.1) is 0 Å². The predicted molar refractivity (Wildman–Crippen MR) is 72.6 cm³/mol. The Labute approximate surface area is 113 Å². The first kappa shape index (κ1) is 14.8. The van der Waals surface area contributed by atoms with E-state index in [1.807, 2.05) is 14.1 Å². The molecule has 1 aromatic carbocycles. The second-order valence-corrected chi connectivity index (χ2v) is 4.81. The molecule has 0 aromatic heterocycles. The molecule has 0 aliphatic rings. The minimum absolute atomic E-state index is 0.0889. The molecule has 18 heavy (non-hydrogen) atoms. The van der Waals surface area contributed by atoms with Crippen LogP contribution in [-0.4, -0.2) is 37.2 Å². The Hall–Kier alpha value is -1.28. The van der Waals surface area contributed by atoms with E-state index >= 15 is 0 Å². The molecule has 1 aromatic rings. The van der Waals surface area contributed by atoms with Crippen molar-refractivity contribution in [2.75, 3.05) is 27.2 Å². The highest BCUT2D eigenvalue weighted by molar-refractivity contribution is 6.30. The number of halogens is 1. The van der Waals surface area contributed by atoms with Gasteiger partial charge in [0.25, 0.3) is 0 Å². The van der Waals surface area contributed by atoms with Gasteiger partial charge in [-0.1, -0.05) is 11.6 Å². The fourth-order valence-corrected chi connectivity index (χ4v) is 1.80. The number of nitrogens with zero attached hydrogens (tertiary/aromatic N) is 2. The molecular formula is C13H18ClN3O. The van der Waals surface area contributed by atoms with Gasteiger partial charge in [0.2, 0.25) is 0 Å². The Morgan fingerprint density at radius 1 is 1.50 bits per heavy atom. The molecule has 0 saturated heterocycles. The first-order valence-electron chi connectivity index (χ1n) is 5.80. The van der Waals surface area contributed by atoms with Crippen LogP contribution in [0.3, 0.4) is 0 Å². The lowest BCUT2D eigenvalue weighted by Crippen LogP contribution is -2.24. The van der Waals surface area contributed by atoms with E-state index in [1.54, 1.807) is 12.1 Å². The van der Waals surface area contributed by atoms with Crippen LogP contribution in [0.5, 0.6) is 5.75 Å². The molecule has 0 bridgehead atoms. The lowest BCUT2D eigenvalue weighted by Gasteiger charge is -2.15. The van der Waals surface area contributed by atoms with Crippen molar-refractivity contribution >= 4 is 11.6 Å². The van der Waals surface area contributed by atoms with Crippen molar-refractivity contribution in [1.82, 2.24) is 10.2 Å². The maximum absolute atomic E-state index is 9.72. The van der Waals surface area contributed by atoms with Crippen LogP contribution in [0.15, 0.2) is 18.2 Å². The summed E-state index contributed by atoms with van der Waals surface area (Å²) in [7, 11) is 4.01. The van der Waals surface area contributed by atoms with Gasteiger partial charge in [-0.05, 0) is 51.8 Å². The van der Waals surface area contributed by atoms with Crippen molar-refractivity contribution in [3.63, 3.8) is 0 Å². The molecule has 0 heterocycles. The number of aromatic hydroxyl groups is 1. The molecule has 0 amide bonds. The summed E-state index contributed by atoms with van der Waals surface area (Å²) in [5, 5.41) is 22.5. The normalized spacial score (nSPS) is 12.4. The number of nitrogens with one attached hydrogen (secondary N) is 1. The van der Waals surface area contributed by atoms with Crippen LogP contribution in [0.1, 0.15) is 18.0 Å². The van der Waals surface area contributed by atoms with Gasteiger partial charge in [0.1, 0.15) is 11.8 Å². The maximum Gasteiger partial charge on any atom is 0.124 e. The van der Waals surface area contributed by atoms with Crippen molar-refractivity contribution in [2.45, 2.75) is 12.5 Å². The third-order valence-corrected chi connectivity index (χ3v) is 2.80. The van der Waals surface area contributed by atoms with Crippen LogP contribution < -0.4 is 5.32 Å². The molecule has 0 saturated carbocycles. The first-order chi connectivity index (χ1) is 8.54. The smallest absolute Gasteiger partial charge is 0.124 e. The Balaban J connectivity index is 2.61. The van der Waals surface area contributed by atoms with Crippen molar-refractivity contribution in [2.24, 2.45) is 0 Å². The summed E-state index contributed by atoms with van der Waals surface area (Å²) in [6.07, 6.45) is 0.937. The highest BCUT2D eigenvalue weighted by Crippen LogP contribution is 2.26. The van der Waals surface area contributed by atoms with E-state index < -0.39 is 6.04 Å². The summed E-state index contributed by atoms with van der Waals surface area (Å²) < 4.78 is 0. The average molecular weight is 268 g/mol. The second-order valence-electron chi connectivity index (χ2n) is 4.38. The van der Waals surface area contributed by atoms with Crippen molar-refractivity contribution in [1.29, 1.82) is 5.26 Å². The SMILES string of the molecule is CN(C)CCCNC(C#N)c1cc(Cl)ccc1O. The van der Waals surface area contributed by atoms with Crippen LogP contribution in [0, 0.1) is 11.3 Å². The number of phenols is 1. The molecule has 0 radical (unpaired) electrons. The minimum Gasteiger partial charge on any atom is -0.508 e. The topological polar surface area (TPSA) is 59.3 Å². The molecule has 1 atom stereocenters. The zero-order valence-corrected chi connectivity index (χ0v) is 11.4. The van der Waals surface area contributed by atoms with Crippen LogP contribution in [0.2, 0.25) is 5.02 Å². The number of rotatable bonds is 6. The van der Waals surface area contributed by atoms with E-state index in [-0.39, 0.29) is 5.75 Å². The van der Waals surface area contributed by atoms with Gasteiger partial charge in [0.05, 0.1) is 6.07 Å². The summed E-state index contributed by atoms with van der Waals surface area (Å²) in [6, 6.07) is 6.31. The number of hydrogen-bond acceptors (Lipinski definition) is 4. The van der Waals surface area contributed by atoms with Gasteiger partial charge in [0, 0.05) is 10.6 Å². The van der Waals surface area contributed by atoms with Crippen LogP contribution >= 0.6 is 11.6 Å². The zero-order valence-electron chi connectivity index (χ0n) is 10.7. The predicted octanol–water partition coefficient (Wildman–Crippen LogP) is 2.15. The highest BCUT2D eigenvalue weighted by Gasteiger charge is 2.14. The lowest BCUT2D eigenvalue weighted by atomic mass is 10.1. The van der Waals surface area contributed by atoms with E-state index in [1.165, 1.54) is 6.07 Å². The zero-order chi connectivity index (χ0) is 13.5. The minimum atomic E-state index is -0.536. The molecule has 0 aliphatic heterocycles. The number of hydrogen-bond donors (Lipinski definition) is 2. The average Bonchev–Trinajstić information content (AvgIpc) is 2.33. The van der Waals surface area contributed by atoms with Gasteiger partial charge in [-0.2, -0.15) is 5.26 Å². The van der Waals surface area contributed by atoms with Crippen molar-refractivity contribution in [3.8, 4) is 11.8 Å². The quantitative estimate of drug-likeness (QED) is 0.776. The standard InChI is InChI=1S/C13H18ClN3O/c1-17(2)7-3-6-16-12(9-15)11-8-10(14)4-5-13(11)18/h4-5,8,12,16,18H,3,6-7H2,1-2H3. The van der Waals surface area contributed by atoms with E-state index in [0.29, 0.717) is 17.1 Å². The summed E-state index contributed by atoms with van der Waals surface area (Å²) >= 11 is 5.87. The summed E-state index contributed by atoms with van der Waals surface area (Å²) in [6.45, 7) is 1.66. The van der Waals surface area contributed by atoms with Crippen LogP contribution in [0.25, 0.3) is 0 Å². The molecule has 1 rings (SSSR count). The first-order valence-corrected chi connectivity index (χ1v) is 6.18. The lowest BCUT2D eigenvalue weighted by molar-refractivity contribution is 0.390. The molecule has 2 N–H and O–H groups in total. The largest absolute Gasteiger partial charge is 0.508 e. The van der Waals surface area contributed by atoms with E-state index in [4.69, 9.17) is 16.9 Å². The highest BCUT2D eigenvalue weighted by atomic mass is 35.5. The van der Waals surface area contributed by atoms with Gasteiger partial charge < -0.3 is 10.0 Å². The Kier molecular flexibility index (Phi) is 5.93. The summed E-state index contributed by atoms with van der Waals surface area (Å²) in [5.74, 6) is 0.0889. The summed E-state index contributed by atoms with van der Waals surface area (Å²) in [5.41, 5.74) is 0.523. The van der Waals surface area contributed by atoms with Gasteiger partial charge >= 0.3 is 0 Å². The second kappa shape index (κ2) is 7.22. The van der Waals surface area contributed by atoms with Gasteiger partial charge in [-0.25, -0.2) is 0 Å². The third-order valence-electron chi connectivity index (χ3n) is 2.56. The Morgan fingerprint density at radius 2 is 2.22 bits per heavy atom. The number of phenolic OH excluding ortho intramolecular Hbond substituents is 1. The molecule has 0 spiro atoms. The Bertz CT molecular complexity index is 429. The van der Waals surface area contributed by atoms with Gasteiger partial charge in [0.15, 0.2) is 0 Å². The number of nitriles is 1. The molecule has 5 heteroatoms. The van der Waals surface area contributed by atoms with Crippen molar-refractivity contribution < 1.29 is 5.11 Å². The van der Waals surface area contributed by atoms with E-state index in [0.717, 1.165) is 13.0 Å². The summed E-state index contributed by atoms with van der Waals surface area (Å²) in [4.78, 5) is 2.08. The molecule has 0 aliphatic carbocycles. The molecule has 98 valence electrons. The van der Waals surface area contributed by atoms with Crippen LogP contribution in [-0.2, 0) is 0 Å². The molecular weight excluding hydrogens is 250 g/mol. The van der Waals surface area contributed by atoms with Crippen molar-refractivity contribution in [3.05, 3.63) is 28.8 Å². The monoisotopic (exact) mass is 267 g/mol.